The van der Waals surface area contributed by atoms with Crippen molar-refractivity contribution < 1.29 is 13.9 Å². The number of furan rings is 1. The maximum absolute atomic E-state index is 12.3. The summed E-state index contributed by atoms with van der Waals surface area (Å²) in [5.41, 5.74) is 1.20. The molecule has 5 heterocycles. The number of nitrogens with zero attached hydrogens (tertiary/aromatic N) is 3. The Labute approximate surface area is 169 Å². The van der Waals surface area contributed by atoms with Gasteiger partial charge in [0.05, 0.1) is 17.9 Å². The lowest BCUT2D eigenvalue weighted by molar-refractivity contribution is 0.00211. The van der Waals surface area contributed by atoms with Crippen molar-refractivity contribution in [2.45, 2.75) is 44.6 Å². The molecule has 2 aromatic rings. The number of halogens is 1. The highest BCUT2D eigenvalue weighted by molar-refractivity contribution is 6.29. The summed E-state index contributed by atoms with van der Waals surface area (Å²) in [7, 11) is 0. The molecule has 7 nitrogen and oxygen atoms in total. The minimum absolute atomic E-state index is 0.0468. The van der Waals surface area contributed by atoms with Crippen molar-refractivity contribution in [1.29, 1.82) is 0 Å². The van der Waals surface area contributed by atoms with E-state index in [1.807, 2.05) is 10.9 Å². The maximum Gasteiger partial charge on any atom is 0.287 e. The molecule has 3 aliphatic heterocycles. The quantitative estimate of drug-likeness (QED) is 0.801. The van der Waals surface area contributed by atoms with Crippen LogP contribution in [-0.2, 0) is 17.8 Å². The Kier molecular flexibility index (Phi) is 4.49. The number of nitrogens with one attached hydrogen (secondary N) is 1. The number of aromatic nitrogens is 2. The third kappa shape index (κ3) is 3.06. The van der Waals surface area contributed by atoms with Crippen LogP contribution in [0.4, 0.5) is 0 Å². The predicted octanol–water partition coefficient (Wildman–Crippen LogP) is 2.56. The number of likely N-dealkylation sites (tertiary alicyclic amines) is 1. The summed E-state index contributed by atoms with van der Waals surface area (Å²) in [4.78, 5) is 14.8. The van der Waals surface area contributed by atoms with Crippen LogP contribution in [0, 0.1) is 11.8 Å². The third-order valence-electron chi connectivity index (χ3n) is 6.57. The van der Waals surface area contributed by atoms with Gasteiger partial charge in [-0.25, -0.2) is 0 Å². The zero-order valence-corrected chi connectivity index (χ0v) is 16.7. The summed E-state index contributed by atoms with van der Waals surface area (Å²) in [5, 5.41) is 7.63. The van der Waals surface area contributed by atoms with Gasteiger partial charge in [0.25, 0.3) is 5.91 Å². The monoisotopic (exact) mass is 404 g/mol. The van der Waals surface area contributed by atoms with E-state index in [1.165, 1.54) is 5.56 Å². The lowest BCUT2D eigenvalue weighted by atomic mass is 9.73. The second kappa shape index (κ2) is 6.90. The van der Waals surface area contributed by atoms with E-state index in [1.54, 1.807) is 12.1 Å². The maximum atomic E-state index is 12.3. The molecule has 150 valence electrons. The lowest BCUT2D eigenvalue weighted by Gasteiger charge is -2.29. The minimum Gasteiger partial charge on any atom is -0.440 e. The van der Waals surface area contributed by atoms with Gasteiger partial charge in [-0.2, -0.15) is 5.10 Å². The zero-order valence-electron chi connectivity index (χ0n) is 15.9. The molecular formula is C20H25ClN4O3. The summed E-state index contributed by atoms with van der Waals surface area (Å²) in [6.45, 7) is 6.45. The molecule has 4 atom stereocenters. The molecule has 1 spiro atoms. The van der Waals surface area contributed by atoms with E-state index in [4.69, 9.17) is 20.8 Å². The average Bonchev–Trinajstić information content (AvgIpc) is 3.46. The van der Waals surface area contributed by atoms with Gasteiger partial charge in [0, 0.05) is 56.3 Å². The Morgan fingerprint density at radius 2 is 2.36 bits per heavy atom. The van der Waals surface area contributed by atoms with Gasteiger partial charge >= 0.3 is 0 Å². The second-order valence-corrected chi connectivity index (χ2v) is 8.59. The first-order valence-electron chi connectivity index (χ1n) is 10.0. The SMILES string of the molecule is CCn1cc(CN2C[C@@H]3[C@H](CNC(=O)c4ccc(Cl)o4)[C@H]4CC[C@]3(C2)O4)cn1. The number of hydrogen-bond donors (Lipinski definition) is 1. The summed E-state index contributed by atoms with van der Waals surface area (Å²) >= 11 is 5.77. The van der Waals surface area contributed by atoms with Crippen molar-refractivity contribution in [3.05, 3.63) is 41.1 Å². The van der Waals surface area contributed by atoms with Gasteiger partial charge in [-0.05, 0) is 43.5 Å². The van der Waals surface area contributed by atoms with Crippen LogP contribution in [0.1, 0.15) is 35.9 Å². The van der Waals surface area contributed by atoms with Crippen LogP contribution in [0.5, 0.6) is 0 Å². The normalized spacial score (nSPS) is 31.4. The Bertz CT molecular complexity index is 880. The number of fused-ring (bicyclic) bond motifs is 1. The summed E-state index contributed by atoms with van der Waals surface area (Å²) in [6, 6.07) is 3.19. The number of rotatable bonds is 6. The fourth-order valence-corrected chi connectivity index (χ4v) is 5.48. The number of amides is 1. The molecule has 5 rings (SSSR count). The molecule has 1 N–H and O–H groups in total. The molecule has 0 unspecified atom stereocenters. The zero-order chi connectivity index (χ0) is 19.3. The van der Waals surface area contributed by atoms with Gasteiger partial charge in [-0.15, -0.1) is 0 Å². The van der Waals surface area contributed by atoms with E-state index < -0.39 is 0 Å². The number of carbonyl (C=O) groups excluding carboxylic acids is 1. The van der Waals surface area contributed by atoms with Crippen LogP contribution in [0.3, 0.4) is 0 Å². The highest BCUT2D eigenvalue weighted by Crippen LogP contribution is 2.54. The molecule has 3 fully saturated rings. The standard InChI is InChI=1S/C20H25ClN4O3/c1-2-25-10-13(7-23-25)9-24-11-15-14(16-5-6-20(15,12-24)28-16)8-22-19(26)17-3-4-18(21)27-17/h3-4,7,10,14-16H,2,5-6,8-9,11-12H2,1H3,(H,22,26)/t14-,15+,16+,20+/m0/s1. The van der Waals surface area contributed by atoms with Crippen LogP contribution in [0.15, 0.2) is 28.9 Å². The van der Waals surface area contributed by atoms with E-state index >= 15 is 0 Å². The second-order valence-electron chi connectivity index (χ2n) is 8.22. The van der Waals surface area contributed by atoms with E-state index in [0.29, 0.717) is 18.4 Å². The first-order valence-corrected chi connectivity index (χ1v) is 10.4. The topological polar surface area (TPSA) is 72.5 Å². The van der Waals surface area contributed by atoms with Crippen LogP contribution in [0.25, 0.3) is 0 Å². The molecule has 2 aromatic heterocycles. The van der Waals surface area contributed by atoms with Crippen LogP contribution in [-0.4, -0.2) is 51.9 Å². The van der Waals surface area contributed by atoms with Gasteiger partial charge in [-0.3, -0.25) is 14.4 Å². The van der Waals surface area contributed by atoms with Crippen molar-refractivity contribution in [2.75, 3.05) is 19.6 Å². The van der Waals surface area contributed by atoms with Crippen LogP contribution in [0.2, 0.25) is 5.22 Å². The van der Waals surface area contributed by atoms with Crippen molar-refractivity contribution >= 4 is 17.5 Å². The molecule has 0 aliphatic carbocycles. The van der Waals surface area contributed by atoms with Crippen molar-refractivity contribution in [1.82, 2.24) is 20.0 Å². The average molecular weight is 405 g/mol. The summed E-state index contributed by atoms with van der Waals surface area (Å²) in [6.07, 6.45) is 6.52. The third-order valence-corrected chi connectivity index (χ3v) is 6.77. The molecule has 3 saturated heterocycles. The highest BCUT2D eigenvalue weighted by atomic mass is 35.5. The van der Waals surface area contributed by atoms with E-state index in [2.05, 4.69) is 28.4 Å². The molecule has 0 saturated carbocycles. The Morgan fingerprint density at radius 3 is 3.11 bits per heavy atom. The fourth-order valence-electron chi connectivity index (χ4n) is 5.33. The van der Waals surface area contributed by atoms with Crippen LogP contribution >= 0.6 is 11.6 Å². The van der Waals surface area contributed by atoms with Gasteiger partial charge in [-0.1, -0.05) is 0 Å². The molecular weight excluding hydrogens is 380 g/mol. The first-order chi connectivity index (χ1) is 13.6. The molecule has 1 amide bonds. The Balaban J connectivity index is 1.23. The van der Waals surface area contributed by atoms with Crippen molar-refractivity contribution in [3.8, 4) is 0 Å². The van der Waals surface area contributed by atoms with Gasteiger partial charge in [0.15, 0.2) is 11.0 Å². The summed E-state index contributed by atoms with van der Waals surface area (Å²) < 4.78 is 13.6. The Morgan fingerprint density at radius 1 is 1.46 bits per heavy atom. The van der Waals surface area contributed by atoms with E-state index in [-0.39, 0.29) is 28.6 Å². The molecule has 2 bridgehead atoms. The van der Waals surface area contributed by atoms with Gasteiger partial charge in [0.2, 0.25) is 0 Å². The number of hydrogen-bond acceptors (Lipinski definition) is 5. The van der Waals surface area contributed by atoms with Gasteiger partial charge < -0.3 is 14.5 Å². The number of ether oxygens (including phenoxy) is 1. The van der Waals surface area contributed by atoms with Crippen molar-refractivity contribution in [2.24, 2.45) is 11.8 Å². The predicted molar refractivity (Wildman–Crippen MR) is 103 cm³/mol. The number of aryl methyl sites for hydroxylation is 1. The molecule has 0 aromatic carbocycles. The minimum atomic E-state index is -0.217. The summed E-state index contributed by atoms with van der Waals surface area (Å²) in [5.74, 6) is 0.829. The largest absolute Gasteiger partial charge is 0.440 e. The van der Waals surface area contributed by atoms with Crippen molar-refractivity contribution in [3.63, 3.8) is 0 Å². The van der Waals surface area contributed by atoms with Crippen LogP contribution < -0.4 is 5.32 Å². The lowest BCUT2D eigenvalue weighted by Crippen LogP contribution is -2.41. The molecule has 8 heteroatoms. The van der Waals surface area contributed by atoms with E-state index in [9.17, 15) is 4.79 Å². The highest BCUT2D eigenvalue weighted by Gasteiger charge is 2.62. The Hall–Kier alpha value is -1.83. The van der Waals surface area contributed by atoms with Gasteiger partial charge in [0.1, 0.15) is 0 Å². The number of carbonyl (C=O) groups is 1. The smallest absolute Gasteiger partial charge is 0.287 e. The molecule has 28 heavy (non-hydrogen) atoms. The molecule has 3 aliphatic rings. The first kappa shape index (κ1) is 18.2. The fraction of sp³-hybridized carbons (Fsp3) is 0.600. The molecule has 0 radical (unpaired) electrons. The van der Waals surface area contributed by atoms with E-state index in [0.717, 1.165) is 39.0 Å².